The van der Waals surface area contributed by atoms with Crippen LogP contribution in [0, 0.1) is 36.5 Å². The van der Waals surface area contributed by atoms with Crippen molar-refractivity contribution in [2.75, 3.05) is 64.4 Å². The van der Waals surface area contributed by atoms with E-state index >= 15 is 0 Å². The number of piperidine rings is 1. The molecule has 0 aliphatic carbocycles. The standard InChI is InChI=1S/C53H70N12O7/c1-31-45(32(2)60-47(59-31)35-9-12-38(13-10-35)65-24-17-37(18-25-65)53(4,5)6)50(68)62-41(16-19-54)52(70)64(7)46-36-11-15-44(72-27-22-57)40(30-36)39-28-34(8-14-43(39)71-26-21-56)29-42(49(67)58-23-20-55)63-48(66)33(3)61-51(46)69/h8-15,28,30,33,37,41-42,46H,16-19,21-27,29,54,56-57H2,1-7H3,(H,58,67)(H,61,69)(H,62,68)(H,63,66). The number of benzene rings is 3. The van der Waals surface area contributed by atoms with Crippen molar-refractivity contribution in [2.24, 2.45) is 28.5 Å². The number of anilines is 1. The second-order valence-corrected chi connectivity index (χ2v) is 19.5. The minimum Gasteiger partial charge on any atom is -0.492 e. The Labute approximate surface area is 422 Å². The van der Waals surface area contributed by atoms with Crippen LogP contribution < -0.4 is 52.8 Å². The molecule has 0 radical (unpaired) electrons. The maximum absolute atomic E-state index is 14.8. The summed E-state index contributed by atoms with van der Waals surface area (Å²) in [4.78, 5) is 84.0. The molecule has 4 unspecified atom stereocenters. The molecule has 3 heterocycles. The summed E-state index contributed by atoms with van der Waals surface area (Å²) in [5, 5.41) is 20.0. The Balaban J connectivity index is 1.32. The molecule has 19 heteroatoms. The van der Waals surface area contributed by atoms with Gasteiger partial charge in [-0.25, -0.2) is 9.97 Å². The molecule has 6 rings (SSSR count). The fourth-order valence-corrected chi connectivity index (χ4v) is 9.36. The topological polar surface area (TPSA) is 286 Å². The molecule has 10 N–H and O–H groups in total. The molecule has 72 heavy (non-hydrogen) atoms. The van der Waals surface area contributed by atoms with Crippen LogP contribution >= 0.6 is 0 Å². The molecule has 3 aromatic carbocycles. The van der Waals surface area contributed by atoms with Gasteiger partial charge in [0.15, 0.2) is 5.82 Å². The smallest absolute Gasteiger partial charge is 0.255 e. The van der Waals surface area contributed by atoms with Gasteiger partial charge in [0.1, 0.15) is 55.4 Å². The largest absolute Gasteiger partial charge is 0.492 e. The number of fused-ring (bicyclic) bond motifs is 5. The first-order chi connectivity index (χ1) is 34.4. The Morgan fingerprint density at radius 2 is 1.49 bits per heavy atom. The molecule has 2 aliphatic heterocycles. The molecule has 19 nitrogen and oxygen atoms in total. The van der Waals surface area contributed by atoms with E-state index < -0.39 is 53.7 Å². The van der Waals surface area contributed by atoms with E-state index in [1.54, 1.807) is 50.2 Å². The molecule has 384 valence electrons. The average molecular weight is 987 g/mol. The third-order valence-electron chi connectivity index (χ3n) is 13.3. The number of nitrogens with one attached hydrogen (secondary N) is 4. The maximum atomic E-state index is 14.8. The van der Waals surface area contributed by atoms with E-state index in [2.05, 4.69) is 59.1 Å². The molecule has 0 saturated carbocycles. The summed E-state index contributed by atoms with van der Waals surface area (Å²) in [6.45, 7) is 14.1. The summed E-state index contributed by atoms with van der Waals surface area (Å²) in [6.07, 6.45) is 2.28. The van der Waals surface area contributed by atoms with Crippen molar-refractivity contribution in [1.82, 2.24) is 36.1 Å². The van der Waals surface area contributed by atoms with Crippen molar-refractivity contribution < 1.29 is 33.4 Å². The molecule has 1 saturated heterocycles. The number of hydrogen-bond donors (Lipinski definition) is 7. The number of amides is 5. The molecular weight excluding hydrogens is 917 g/mol. The highest BCUT2D eigenvalue weighted by molar-refractivity contribution is 6.00. The van der Waals surface area contributed by atoms with Crippen molar-refractivity contribution >= 4 is 35.2 Å². The monoisotopic (exact) mass is 987 g/mol. The number of aryl methyl sites for hydroxylation is 2. The lowest BCUT2D eigenvalue weighted by atomic mass is 9.75. The predicted molar refractivity (Wildman–Crippen MR) is 275 cm³/mol. The summed E-state index contributed by atoms with van der Waals surface area (Å²) >= 11 is 0. The Hall–Kier alpha value is -7.14. The van der Waals surface area contributed by atoms with Crippen LogP contribution in [0.1, 0.15) is 85.9 Å². The number of rotatable bonds is 16. The third kappa shape index (κ3) is 13.0. The van der Waals surface area contributed by atoms with Gasteiger partial charge in [-0.1, -0.05) is 32.9 Å². The fraction of sp³-hybridized carbons (Fsp3) is 0.472. The highest BCUT2D eigenvalue weighted by Gasteiger charge is 2.37. The molecule has 0 spiro atoms. The summed E-state index contributed by atoms with van der Waals surface area (Å²) in [7, 11) is 1.42. The third-order valence-corrected chi connectivity index (χ3v) is 13.3. The summed E-state index contributed by atoms with van der Waals surface area (Å²) in [6, 6.07) is 15.2. The first-order valence-corrected chi connectivity index (χ1v) is 24.6. The van der Waals surface area contributed by atoms with Crippen LogP contribution in [0.5, 0.6) is 11.5 Å². The fourth-order valence-electron chi connectivity index (χ4n) is 9.36. The van der Waals surface area contributed by atoms with E-state index in [0.717, 1.165) is 37.2 Å². The maximum Gasteiger partial charge on any atom is 0.255 e. The molecule has 4 bridgehead atoms. The second kappa shape index (κ2) is 24.3. The zero-order valence-electron chi connectivity index (χ0n) is 42.5. The van der Waals surface area contributed by atoms with Gasteiger partial charge in [0.2, 0.25) is 23.6 Å². The van der Waals surface area contributed by atoms with Gasteiger partial charge >= 0.3 is 0 Å². The zero-order valence-corrected chi connectivity index (χ0v) is 42.5. The van der Waals surface area contributed by atoms with Gasteiger partial charge in [0, 0.05) is 62.0 Å². The summed E-state index contributed by atoms with van der Waals surface area (Å²) in [5.74, 6) is -1.42. The number of hydrogen-bond acceptors (Lipinski definition) is 14. The Bertz CT molecular complexity index is 2620. The van der Waals surface area contributed by atoms with Crippen LogP contribution in [0.3, 0.4) is 0 Å². The summed E-state index contributed by atoms with van der Waals surface area (Å²) in [5.41, 5.74) is 22.9. The molecule has 1 fully saturated rings. The highest BCUT2D eigenvalue weighted by atomic mass is 16.5. The Morgan fingerprint density at radius 3 is 2.07 bits per heavy atom. The molecule has 4 atom stereocenters. The number of nitrogens with zero attached hydrogens (tertiary/aromatic N) is 5. The molecule has 5 amide bonds. The van der Waals surface area contributed by atoms with Crippen molar-refractivity contribution in [3.05, 3.63) is 88.7 Å². The summed E-state index contributed by atoms with van der Waals surface area (Å²) < 4.78 is 12.2. The van der Waals surface area contributed by atoms with Gasteiger partial charge in [0.05, 0.1) is 23.0 Å². The van der Waals surface area contributed by atoms with E-state index in [1.807, 2.05) is 18.2 Å². The molecule has 4 aromatic rings. The molecule has 1 aromatic heterocycles. The normalized spacial score (nSPS) is 17.8. The number of carbonyl (C=O) groups is 5. The van der Waals surface area contributed by atoms with Crippen LogP contribution in [-0.2, 0) is 25.6 Å². The lowest BCUT2D eigenvalue weighted by molar-refractivity contribution is -0.141. The number of likely N-dealkylation sites (N-methyl/N-ethyl adjacent to an activating group) is 1. The zero-order chi connectivity index (χ0) is 52.3. The van der Waals surface area contributed by atoms with Gasteiger partial charge in [-0.3, -0.25) is 24.0 Å². The van der Waals surface area contributed by atoms with Gasteiger partial charge in [0.25, 0.3) is 5.91 Å². The van der Waals surface area contributed by atoms with E-state index in [4.69, 9.17) is 36.6 Å². The first-order valence-electron chi connectivity index (χ1n) is 24.6. The van der Waals surface area contributed by atoms with Gasteiger partial charge in [-0.2, -0.15) is 5.26 Å². The van der Waals surface area contributed by atoms with E-state index in [9.17, 15) is 29.2 Å². The number of nitrogens with two attached hydrogens (primary N) is 3. The number of carbonyl (C=O) groups excluding carboxylic acids is 5. The second-order valence-electron chi connectivity index (χ2n) is 19.5. The lowest BCUT2D eigenvalue weighted by Gasteiger charge is -2.39. The van der Waals surface area contributed by atoms with Crippen LogP contribution in [0.25, 0.3) is 22.5 Å². The van der Waals surface area contributed by atoms with E-state index in [1.165, 1.54) is 18.9 Å². The van der Waals surface area contributed by atoms with Crippen LogP contribution in [0.2, 0.25) is 0 Å². The minimum absolute atomic E-state index is 0.000327. The van der Waals surface area contributed by atoms with E-state index in [-0.39, 0.29) is 63.2 Å². The molecular formula is C53H70N12O7. The first kappa shape index (κ1) is 54.2. The quantitative estimate of drug-likeness (QED) is 0.0795. The van der Waals surface area contributed by atoms with Gasteiger partial charge < -0.3 is 57.7 Å². The lowest BCUT2D eigenvalue weighted by Crippen LogP contribution is -2.56. The Kier molecular flexibility index (Phi) is 18.3. The van der Waals surface area contributed by atoms with Gasteiger partial charge in [-0.05, 0) is 118 Å². The number of nitriles is 1. The molecule has 2 aliphatic rings. The van der Waals surface area contributed by atoms with Crippen LogP contribution in [0.4, 0.5) is 5.69 Å². The van der Waals surface area contributed by atoms with E-state index in [0.29, 0.717) is 56.9 Å². The predicted octanol–water partition coefficient (Wildman–Crippen LogP) is 3.20. The minimum atomic E-state index is -1.41. The van der Waals surface area contributed by atoms with Crippen molar-refractivity contribution in [1.29, 1.82) is 5.26 Å². The number of ether oxygens (including phenoxy) is 2. The van der Waals surface area contributed by atoms with Crippen LogP contribution in [-0.4, -0.2) is 122 Å². The van der Waals surface area contributed by atoms with Crippen molar-refractivity contribution in [3.8, 4) is 40.1 Å². The van der Waals surface area contributed by atoms with Gasteiger partial charge in [-0.15, -0.1) is 0 Å². The van der Waals surface area contributed by atoms with Crippen molar-refractivity contribution in [3.63, 3.8) is 0 Å². The number of aromatic nitrogens is 2. The average Bonchev–Trinajstić information content (AvgIpc) is 3.35. The highest BCUT2D eigenvalue weighted by Crippen LogP contribution is 2.41. The Morgan fingerprint density at radius 1 is 0.875 bits per heavy atom. The van der Waals surface area contributed by atoms with Crippen LogP contribution in [0.15, 0.2) is 60.7 Å². The van der Waals surface area contributed by atoms with Crippen molar-refractivity contribution in [2.45, 2.75) is 91.4 Å². The SMILES string of the molecule is Cc1nc(-c2ccc(N3CCC(C(C)(C)C)CC3)cc2)nc(C)c1C(=O)NC(CCN)C(=O)N(C)C1C(=O)NC(C)C(=O)NC(C(=O)NCC#N)Cc2ccc(OCCN)c(c2)-c2cc1ccc2OCCN.